The monoisotopic (exact) mass is 370 g/mol. The van der Waals surface area contributed by atoms with Crippen molar-refractivity contribution in [2.45, 2.75) is 36.1 Å². The molecule has 0 bridgehead atoms. The molecule has 1 rings (SSSR count). The fourth-order valence-electron chi connectivity index (χ4n) is 1.53. The number of benzene rings is 1. The first-order chi connectivity index (χ1) is 10.3. The van der Waals surface area contributed by atoms with Crippen LogP contribution < -0.4 is 0 Å². The Morgan fingerprint density at radius 2 is 1.26 bits per heavy atom. The summed E-state index contributed by atoms with van der Waals surface area (Å²) in [7, 11) is 0. The smallest absolute Gasteiger partial charge is 0.200 e. The lowest BCUT2D eigenvalue weighted by atomic mass is 10.0. The van der Waals surface area contributed by atoms with Crippen LogP contribution in [0.1, 0.15) is 12.0 Å². The van der Waals surface area contributed by atoms with E-state index >= 15 is 0 Å². The van der Waals surface area contributed by atoms with Crippen LogP contribution in [-0.4, -0.2) is 29.7 Å². The summed E-state index contributed by atoms with van der Waals surface area (Å²) in [6.45, 7) is 0. The van der Waals surface area contributed by atoms with Crippen LogP contribution in [0.5, 0.6) is 0 Å². The Bertz CT molecular complexity index is 496. The second-order valence-electron chi connectivity index (χ2n) is 4.64. The second-order valence-corrected chi connectivity index (χ2v) is 5.74. The van der Waals surface area contributed by atoms with Crippen molar-refractivity contribution in [3.8, 4) is 0 Å². The van der Waals surface area contributed by atoms with Gasteiger partial charge in [0.1, 0.15) is 0 Å². The molecule has 0 aliphatic heterocycles. The molecule has 23 heavy (non-hydrogen) atoms. The number of halogens is 9. The van der Waals surface area contributed by atoms with Crippen molar-refractivity contribution in [1.82, 2.24) is 0 Å². The molecule has 132 valence electrons. The minimum Gasteiger partial charge on any atom is -0.200 e. The minimum absolute atomic E-state index is 0.137. The van der Waals surface area contributed by atoms with E-state index in [4.69, 9.17) is 0 Å². The van der Waals surface area contributed by atoms with Crippen molar-refractivity contribution in [1.29, 1.82) is 0 Å². The van der Waals surface area contributed by atoms with Crippen molar-refractivity contribution in [3.05, 3.63) is 35.9 Å². The summed E-state index contributed by atoms with van der Waals surface area (Å²) in [6, 6.07) is 8.21. The van der Waals surface area contributed by atoms with Crippen molar-refractivity contribution >= 4 is 11.8 Å². The highest BCUT2D eigenvalue weighted by atomic mass is 32.2. The Kier molecular flexibility index (Phi) is 5.93. The second kappa shape index (κ2) is 6.82. The first-order valence-electron chi connectivity index (χ1n) is 6.15. The predicted molar refractivity (Wildman–Crippen MR) is 68.1 cm³/mol. The Labute approximate surface area is 130 Å². The van der Waals surface area contributed by atoms with Gasteiger partial charge in [0.2, 0.25) is 0 Å². The summed E-state index contributed by atoms with van der Waals surface area (Å²) in [6.07, 6.45) is -8.57. The summed E-state index contributed by atoms with van der Waals surface area (Å²) in [4.78, 5) is 0. The van der Waals surface area contributed by atoms with E-state index in [0.29, 0.717) is 5.56 Å². The SMILES string of the molecule is FC(F)(F)C(F)(F)C(F)(F)C(F)(F)CCSCc1ccccc1. The summed E-state index contributed by atoms with van der Waals surface area (Å²) in [5, 5.41) is 0. The van der Waals surface area contributed by atoms with Gasteiger partial charge in [-0.05, 0) is 11.3 Å². The quantitative estimate of drug-likeness (QED) is 0.433. The Morgan fingerprint density at radius 3 is 1.74 bits per heavy atom. The third kappa shape index (κ3) is 4.27. The first kappa shape index (κ1) is 20.0. The van der Waals surface area contributed by atoms with E-state index in [1.807, 2.05) is 0 Å². The summed E-state index contributed by atoms with van der Waals surface area (Å²) >= 11 is 0.728. The molecule has 1 aromatic carbocycles. The van der Waals surface area contributed by atoms with Crippen LogP contribution in [0.2, 0.25) is 0 Å². The molecule has 0 heterocycles. The standard InChI is InChI=1S/C13H11F9S/c14-10(15,11(16,17)12(18,19)13(20,21)22)6-7-23-8-9-4-2-1-3-5-9/h1-5H,6-8H2. The van der Waals surface area contributed by atoms with Gasteiger partial charge >= 0.3 is 23.9 Å². The van der Waals surface area contributed by atoms with Crippen molar-refractivity contribution in [3.63, 3.8) is 0 Å². The zero-order valence-corrected chi connectivity index (χ0v) is 12.1. The number of hydrogen-bond acceptors (Lipinski definition) is 1. The highest BCUT2D eigenvalue weighted by Gasteiger charge is 2.81. The van der Waals surface area contributed by atoms with E-state index < -0.39 is 36.1 Å². The van der Waals surface area contributed by atoms with Gasteiger partial charge in [0, 0.05) is 12.2 Å². The van der Waals surface area contributed by atoms with Crippen LogP contribution in [0.25, 0.3) is 0 Å². The molecular weight excluding hydrogens is 359 g/mol. The predicted octanol–water partition coefficient (Wildman–Crippen LogP) is 5.78. The minimum atomic E-state index is -6.81. The molecule has 0 amide bonds. The Hall–Kier alpha value is -1.06. The average molecular weight is 370 g/mol. The number of rotatable bonds is 7. The van der Waals surface area contributed by atoms with E-state index in [2.05, 4.69) is 0 Å². The Balaban J connectivity index is 2.67. The van der Waals surface area contributed by atoms with Gasteiger partial charge in [-0.1, -0.05) is 30.3 Å². The van der Waals surface area contributed by atoms with E-state index in [1.165, 1.54) is 0 Å². The fraction of sp³-hybridized carbons (Fsp3) is 0.538. The lowest BCUT2D eigenvalue weighted by Gasteiger charge is -2.33. The van der Waals surface area contributed by atoms with Gasteiger partial charge in [0.05, 0.1) is 0 Å². The molecular formula is C13H11F9S. The van der Waals surface area contributed by atoms with Gasteiger partial charge < -0.3 is 0 Å². The van der Waals surface area contributed by atoms with E-state index in [9.17, 15) is 39.5 Å². The van der Waals surface area contributed by atoms with E-state index in [-0.39, 0.29) is 5.75 Å². The molecule has 0 saturated carbocycles. The van der Waals surface area contributed by atoms with Crippen molar-refractivity contribution in [2.24, 2.45) is 0 Å². The molecule has 0 fully saturated rings. The van der Waals surface area contributed by atoms with Crippen LogP contribution in [0.3, 0.4) is 0 Å². The normalized spacial score (nSPS) is 14.1. The van der Waals surface area contributed by atoms with Crippen molar-refractivity contribution < 1.29 is 39.5 Å². The van der Waals surface area contributed by atoms with E-state index in [0.717, 1.165) is 11.8 Å². The summed E-state index contributed by atoms with van der Waals surface area (Å²) in [5.41, 5.74) is 0.674. The first-order valence-corrected chi connectivity index (χ1v) is 7.30. The van der Waals surface area contributed by atoms with Gasteiger partial charge in [0.25, 0.3) is 0 Å². The molecule has 0 aliphatic carbocycles. The Morgan fingerprint density at radius 1 is 0.739 bits per heavy atom. The highest BCUT2D eigenvalue weighted by Crippen LogP contribution is 2.54. The largest absolute Gasteiger partial charge is 0.460 e. The average Bonchev–Trinajstić information content (AvgIpc) is 2.43. The summed E-state index contributed by atoms with van der Waals surface area (Å²) < 4.78 is 113. The van der Waals surface area contributed by atoms with E-state index in [1.54, 1.807) is 30.3 Å². The zero-order valence-electron chi connectivity index (χ0n) is 11.3. The molecule has 0 unspecified atom stereocenters. The molecule has 0 saturated heterocycles. The van der Waals surface area contributed by atoms with Crippen LogP contribution >= 0.6 is 11.8 Å². The molecule has 0 radical (unpaired) electrons. The van der Waals surface area contributed by atoms with Gasteiger partial charge in [-0.3, -0.25) is 0 Å². The molecule has 0 N–H and O–H groups in total. The highest BCUT2D eigenvalue weighted by molar-refractivity contribution is 7.98. The van der Waals surface area contributed by atoms with Crippen LogP contribution in [0, 0.1) is 0 Å². The van der Waals surface area contributed by atoms with Crippen molar-refractivity contribution in [2.75, 3.05) is 5.75 Å². The van der Waals surface area contributed by atoms with Crippen LogP contribution in [0.15, 0.2) is 30.3 Å². The maximum Gasteiger partial charge on any atom is 0.460 e. The van der Waals surface area contributed by atoms with Gasteiger partial charge in [0.15, 0.2) is 0 Å². The maximum absolute atomic E-state index is 13.2. The third-order valence-corrected chi connectivity index (χ3v) is 3.91. The molecule has 0 spiro atoms. The number of hydrogen-bond donors (Lipinski definition) is 0. The molecule has 0 atom stereocenters. The van der Waals surface area contributed by atoms with Crippen LogP contribution in [0.4, 0.5) is 39.5 Å². The number of thioether (sulfide) groups is 1. The maximum atomic E-state index is 13.2. The zero-order chi connectivity index (χ0) is 17.9. The topological polar surface area (TPSA) is 0 Å². The lowest BCUT2D eigenvalue weighted by molar-refractivity contribution is -0.396. The number of alkyl halides is 9. The molecule has 1 aromatic rings. The lowest BCUT2D eigenvalue weighted by Crippen LogP contribution is -2.60. The van der Waals surface area contributed by atoms with Gasteiger partial charge in [-0.25, -0.2) is 0 Å². The summed E-state index contributed by atoms with van der Waals surface area (Å²) in [5.74, 6) is -19.4. The molecule has 0 nitrogen and oxygen atoms in total. The van der Waals surface area contributed by atoms with Gasteiger partial charge in [-0.2, -0.15) is 51.3 Å². The molecule has 0 aromatic heterocycles. The van der Waals surface area contributed by atoms with Crippen LogP contribution in [-0.2, 0) is 5.75 Å². The molecule has 10 heteroatoms. The van der Waals surface area contributed by atoms with Gasteiger partial charge in [-0.15, -0.1) is 0 Å². The fourth-order valence-corrected chi connectivity index (χ4v) is 2.50. The third-order valence-electron chi connectivity index (χ3n) is 2.88. The molecule has 0 aliphatic rings.